The zero-order valence-corrected chi connectivity index (χ0v) is 11.3. The summed E-state index contributed by atoms with van der Waals surface area (Å²) in [6.07, 6.45) is 0. The summed E-state index contributed by atoms with van der Waals surface area (Å²) in [4.78, 5) is 13.2. The first-order chi connectivity index (χ1) is 8.20. The van der Waals surface area contributed by atoms with E-state index in [0.717, 1.165) is 16.7 Å². The summed E-state index contributed by atoms with van der Waals surface area (Å²) in [6, 6.07) is 9.80. The Bertz CT molecular complexity index is 491. The van der Waals surface area contributed by atoms with Crippen molar-refractivity contribution in [1.82, 2.24) is 10.2 Å². The van der Waals surface area contributed by atoms with E-state index >= 15 is 0 Å². The molecule has 1 N–H and O–H groups in total. The quantitative estimate of drug-likeness (QED) is 0.923. The van der Waals surface area contributed by atoms with Gasteiger partial charge in [0, 0.05) is 12.4 Å². The molecule has 2 rings (SSSR count). The molecular weight excluding hydrogens is 252 g/mol. The number of benzene rings is 1. The lowest BCUT2D eigenvalue weighted by Gasteiger charge is -2.14. The standard InChI is InChI=1S/C13H16N2O2.ClH/c1-14-8-13(16)15(2)9-11-7-10-5-3-4-6-12(10)17-11;/h3-7,14H,8-9H2,1-2H3;1H. The predicted octanol–water partition coefficient (Wildman–Crippen LogP) is 2.03. The largest absolute Gasteiger partial charge is 0.459 e. The molecule has 0 aliphatic heterocycles. The molecule has 0 saturated carbocycles. The number of para-hydroxylation sites is 1. The highest BCUT2D eigenvalue weighted by atomic mass is 35.5. The van der Waals surface area contributed by atoms with E-state index in [-0.39, 0.29) is 18.3 Å². The van der Waals surface area contributed by atoms with Crippen molar-refractivity contribution >= 4 is 29.3 Å². The molecule has 2 aromatic rings. The molecule has 98 valence electrons. The van der Waals surface area contributed by atoms with Crippen LogP contribution in [0.25, 0.3) is 11.0 Å². The molecular formula is C13H17ClN2O2. The Morgan fingerprint density at radius 3 is 2.78 bits per heavy atom. The van der Waals surface area contributed by atoms with Crippen LogP contribution >= 0.6 is 12.4 Å². The third kappa shape index (κ3) is 3.24. The summed E-state index contributed by atoms with van der Waals surface area (Å²) < 4.78 is 5.65. The van der Waals surface area contributed by atoms with E-state index in [2.05, 4.69) is 5.32 Å². The fourth-order valence-electron chi connectivity index (χ4n) is 1.72. The Hall–Kier alpha value is -1.52. The van der Waals surface area contributed by atoms with Crippen molar-refractivity contribution in [2.45, 2.75) is 6.54 Å². The zero-order chi connectivity index (χ0) is 12.3. The maximum Gasteiger partial charge on any atom is 0.236 e. The number of carbonyl (C=O) groups is 1. The third-order valence-electron chi connectivity index (χ3n) is 2.62. The topological polar surface area (TPSA) is 45.5 Å². The fourth-order valence-corrected chi connectivity index (χ4v) is 1.72. The number of carbonyl (C=O) groups excluding carboxylic acids is 1. The molecule has 0 bridgehead atoms. The molecule has 0 fully saturated rings. The summed E-state index contributed by atoms with van der Waals surface area (Å²) in [7, 11) is 3.53. The van der Waals surface area contributed by atoms with Gasteiger partial charge in [-0.15, -0.1) is 12.4 Å². The number of rotatable bonds is 4. The highest BCUT2D eigenvalue weighted by Gasteiger charge is 2.10. The minimum Gasteiger partial charge on any atom is -0.459 e. The number of nitrogens with zero attached hydrogens (tertiary/aromatic N) is 1. The van der Waals surface area contributed by atoms with Gasteiger partial charge >= 0.3 is 0 Å². The number of nitrogens with one attached hydrogen (secondary N) is 1. The van der Waals surface area contributed by atoms with Crippen molar-refractivity contribution in [3.63, 3.8) is 0 Å². The molecule has 5 heteroatoms. The fraction of sp³-hybridized carbons (Fsp3) is 0.308. The highest BCUT2D eigenvalue weighted by Crippen LogP contribution is 2.19. The first-order valence-corrected chi connectivity index (χ1v) is 5.56. The summed E-state index contributed by atoms with van der Waals surface area (Å²) in [5.74, 6) is 0.853. The van der Waals surface area contributed by atoms with Gasteiger partial charge in [0.1, 0.15) is 11.3 Å². The van der Waals surface area contributed by atoms with Gasteiger partial charge in [-0.3, -0.25) is 4.79 Å². The summed E-state index contributed by atoms with van der Waals surface area (Å²) in [5, 5.41) is 3.91. The first-order valence-electron chi connectivity index (χ1n) is 5.56. The monoisotopic (exact) mass is 268 g/mol. The lowest BCUT2D eigenvalue weighted by Crippen LogP contribution is -2.33. The number of hydrogen-bond acceptors (Lipinski definition) is 3. The SMILES string of the molecule is CNCC(=O)N(C)Cc1cc2ccccc2o1.Cl. The van der Waals surface area contributed by atoms with E-state index in [0.29, 0.717) is 13.1 Å². The van der Waals surface area contributed by atoms with Crippen LogP contribution in [0.5, 0.6) is 0 Å². The zero-order valence-electron chi connectivity index (χ0n) is 10.5. The Kier molecular flexibility index (Phi) is 5.19. The maximum atomic E-state index is 11.6. The van der Waals surface area contributed by atoms with E-state index in [1.165, 1.54) is 0 Å². The molecule has 0 spiro atoms. The van der Waals surface area contributed by atoms with Gasteiger partial charge < -0.3 is 14.6 Å². The molecule has 0 saturated heterocycles. The number of hydrogen-bond donors (Lipinski definition) is 1. The lowest BCUT2D eigenvalue weighted by atomic mass is 10.2. The van der Waals surface area contributed by atoms with Crippen LogP contribution in [0.4, 0.5) is 0 Å². The van der Waals surface area contributed by atoms with Gasteiger partial charge in [-0.2, -0.15) is 0 Å². The van der Waals surface area contributed by atoms with Gasteiger partial charge in [0.05, 0.1) is 13.1 Å². The van der Waals surface area contributed by atoms with Crippen LogP contribution in [0.3, 0.4) is 0 Å². The smallest absolute Gasteiger partial charge is 0.236 e. The molecule has 0 aliphatic rings. The number of halogens is 1. The van der Waals surface area contributed by atoms with Crippen molar-refractivity contribution in [2.24, 2.45) is 0 Å². The van der Waals surface area contributed by atoms with Gasteiger partial charge in [0.25, 0.3) is 0 Å². The number of amides is 1. The van der Waals surface area contributed by atoms with E-state index in [1.54, 1.807) is 19.0 Å². The van der Waals surface area contributed by atoms with Crippen LogP contribution in [-0.2, 0) is 11.3 Å². The average Bonchev–Trinajstić information content (AvgIpc) is 2.71. The molecule has 4 nitrogen and oxygen atoms in total. The molecule has 0 aliphatic carbocycles. The summed E-state index contributed by atoms with van der Waals surface area (Å²) in [5.41, 5.74) is 0.858. The third-order valence-corrected chi connectivity index (χ3v) is 2.62. The van der Waals surface area contributed by atoms with E-state index in [4.69, 9.17) is 4.42 Å². The van der Waals surface area contributed by atoms with Crippen LogP contribution in [-0.4, -0.2) is 31.4 Å². The second kappa shape index (κ2) is 6.42. The molecule has 1 heterocycles. The number of fused-ring (bicyclic) bond motifs is 1. The molecule has 0 atom stereocenters. The van der Waals surface area contributed by atoms with Gasteiger partial charge in [-0.25, -0.2) is 0 Å². The minimum atomic E-state index is 0. The Balaban J connectivity index is 0.00000162. The second-order valence-corrected chi connectivity index (χ2v) is 4.03. The summed E-state index contributed by atoms with van der Waals surface area (Å²) >= 11 is 0. The van der Waals surface area contributed by atoms with Gasteiger partial charge in [-0.1, -0.05) is 18.2 Å². The van der Waals surface area contributed by atoms with Crippen molar-refractivity contribution in [3.05, 3.63) is 36.1 Å². The molecule has 0 radical (unpaired) electrons. The molecule has 1 amide bonds. The van der Waals surface area contributed by atoms with E-state index in [9.17, 15) is 4.79 Å². The average molecular weight is 269 g/mol. The molecule has 1 aromatic carbocycles. The van der Waals surface area contributed by atoms with Crippen LogP contribution in [0.15, 0.2) is 34.7 Å². The first kappa shape index (κ1) is 14.5. The summed E-state index contributed by atoms with van der Waals surface area (Å²) in [6.45, 7) is 0.839. The van der Waals surface area contributed by atoms with E-state index in [1.807, 2.05) is 30.3 Å². The van der Waals surface area contributed by atoms with Crippen LogP contribution < -0.4 is 5.32 Å². The Morgan fingerprint density at radius 2 is 2.11 bits per heavy atom. The van der Waals surface area contributed by atoms with Crippen LogP contribution in [0.2, 0.25) is 0 Å². The van der Waals surface area contributed by atoms with Gasteiger partial charge in [0.2, 0.25) is 5.91 Å². The van der Waals surface area contributed by atoms with Crippen LogP contribution in [0, 0.1) is 0 Å². The molecule has 1 aromatic heterocycles. The van der Waals surface area contributed by atoms with Gasteiger partial charge in [-0.05, 0) is 19.2 Å². The molecule has 0 unspecified atom stereocenters. The van der Waals surface area contributed by atoms with Crippen LogP contribution in [0.1, 0.15) is 5.76 Å². The Morgan fingerprint density at radius 1 is 1.39 bits per heavy atom. The van der Waals surface area contributed by atoms with Crippen molar-refractivity contribution in [2.75, 3.05) is 20.6 Å². The van der Waals surface area contributed by atoms with Gasteiger partial charge in [0.15, 0.2) is 0 Å². The highest BCUT2D eigenvalue weighted by molar-refractivity contribution is 5.85. The number of furan rings is 1. The van der Waals surface area contributed by atoms with Crippen molar-refractivity contribution in [3.8, 4) is 0 Å². The minimum absolute atomic E-state index is 0. The normalized spacial score (nSPS) is 10.1. The van der Waals surface area contributed by atoms with Crippen molar-refractivity contribution in [1.29, 1.82) is 0 Å². The van der Waals surface area contributed by atoms with E-state index < -0.39 is 0 Å². The predicted molar refractivity (Wildman–Crippen MR) is 73.9 cm³/mol. The molecule has 18 heavy (non-hydrogen) atoms. The van der Waals surface area contributed by atoms with Crippen molar-refractivity contribution < 1.29 is 9.21 Å². The number of likely N-dealkylation sites (N-methyl/N-ethyl adjacent to an activating group) is 2. The lowest BCUT2D eigenvalue weighted by molar-refractivity contribution is -0.129. The Labute approximate surface area is 112 Å². The maximum absolute atomic E-state index is 11.6. The second-order valence-electron chi connectivity index (χ2n) is 4.03.